The fourth-order valence-electron chi connectivity index (χ4n) is 3.75. The topological polar surface area (TPSA) is 29.5 Å². The highest BCUT2D eigenvalue weighted by Gasteiger charge is 2.37. The van der Waals surface area contributed by atoms with Gasteiger partial charge in [-0.1, -0.05) is 99.8 Å². The molecule has 0 spiro atoms. The van der Waals surface area contributed by atoms with Gasteiger partial charge in [0.1, 0.15) is 0 Å². The van der Waals surface area contributed by atoms with Gasteiger partial charge in [-0.15, -0.1) is 0 Å². The van der Waals surface area contributed by atoms with E-state index in [1.165, 1.54) is 57.8 Å². The van der Waals surface area contributed by atoms with E-state index in [-0.39, 0.29) is 0 Å². The summed E-state index contributed by atoms with van der Waals surface area (Å²) in [5.41, 5.74) is 0. The molecule has 29 heavy (non-hydrogen) atoms. The van der Waals surface area contributed by atoms with Gasteiger partial charge in [-0.25, -0.2) is 0 Å². The smallest absolute Gasteiger partial charge is 0.191 e. The second kappa shape index (κ2) is 15.0. The largest absolute Gasteiger partial charge is 0.417 e. The van der Waals surface area contributed by atoms with Gasteiger partial charge in [0.2, 0.25) is 0 Å². The molecule has 0 aromatic rings. The van der Waals surface area contributed by atoms with Gasteiger partial charge in [0.05, 0.1) is 0 Å². The molecular formula is C26H56O2Si. The quantitative estimate of drug-likeness (QED) is 0.235. The molecule has 0 aliphatic carbocycles. The SMILES string of the molecule is C[C@H](CCC[C@H](C)CCC[C@H](C)CO[Si](C)(C)C(C)(C)C)CCC[C@@H](C)CCO. The Bertz CT molecular complexity index is 389. The minimum absolute atomic E-state index is 0.316. The molecule has 4 atom stereocenters. The molecule has 0 bridgehead atoms. The predicted octanol–water partition coefficient (Wildman–Crippen LogP) is 8.45. The second-order valence-corrected chi connectivity index (χ2v) is 16.6. The molecule has 0 saturated heterocycles. The van der Waals surface area contributed by atoms with Gasteiger partial charge in [0, 0.05) is 13.2 Å². The van der Waals surface area contributed by atoms with Gasteiger partial charge in [-0.3, -0.25) is 0 Å². The van der Waals surface area contributed by atoms with E-state index in [0.717, 1.165) is 24.9 Å². The van der Waals surface area contributed by atoms with Crippen molar-refractivity contribution in [1.82, 2.24) is 0 Å². The lowest BCUT2D eigenvalue weighted by atomic mass is 9.91. The van der Waals surface area contributed by atoms with E-state index in [4.69, 9.17) is 9.53 Å². The Labute approximate surface area is 185 Å². The lowest BCUT2D eigenvalue weighted by Gasteiger charge is -2.37. The monoisotopic (exact) mass is 428 g/mol. The summed E-state index contributed by atoms with van der Waals surface area (Å²) in [6, 6.07) is 0. The van der Waals surface area contributed by atoms with Crippen LogP contribution in [0.4, 0.5) is 0 Å². The molecule has 0 rings (SSSR count). The first kappa shape index (κ1) is 29.1. The van der Waals surface area contributed by atoms with Crippen molar-refractivity contribution in [2.75, 3.05) is 13.2 Å². The summed E-state index contributed by atoms with van der Waals surface area (Å²) in [7, 11) is -1.59. The Kier molecular flexibility index (Phi) is 15.1. The van der Waals surface area contributed by atoms with Crippen molar-refractivity contribution >= 4 is 8.32 Å². The predicted molar refractivity (Wildman–Crippen MR) is 133 cm³/mol. The van der Waals surface area contributed by atoms with Crippen molar-refractivity contribution in [2.45, 2.75) is 131 Å². The third kappa shape index (κ3) is 14.7. The number of aliphatic hydroxyl groups excluding tert-OH is 1. The Balaban J connectivity index is 3.77. The van der Waals surface area contributed by atoms with Crippen LogP contribution in [0.1, 0.15) is 113 Å². The molecule has 0 amide bonds. The first-order valence-corrected chi connectivity index (χ1v) is 15.5. The van der Waals surface area contributed by atoms with Crippen LogP contribution in [-0.4, -0.2) is 26.6 Å². The summed E-state index contributed by atoms with van der Waals surface area (Å²) in [5, 5.41) is 9.30. The maximum Gasteiger partial charge on any atom is 0.191 e. The summed E-state index contributed by atoms with van der Waals surface area (Å²) < 4.78 is 6.39. The minimum atomic E-state index is -1.59. The lowest BCUT2D eigenvalue weighted by Crippen LogP contribution is -2.41. The fourth-order valence-corrected chi connectivity index (χ4v) is 4.88. The first-order valence-electron chi connectivity index (χ1n) is 12.6. The number of aliphatic hydroxyl groups is 1. The molecule has 0 aromatic heterocycles. The van der Waals surface area contributed by atoms with Crippen molar-refractivity contribution in [3.05, 3.63) is 0 Å². The van der Waals surface area contributed by atoms with Crippen LogP contribution in [0.15, 0.2) is 0 Å². The maximum absolute atomic E-state index is 8.99. The summed E-state index contributed by atoms with van der Waals surface area (Å²) in [4.78, 5) is 0. The van der Waals surface area contributed by atoms with Gasteiger partial charge in [-0.2, -0.15) is 0 Å². The van der Waals surface area contributed by atoms with Crippen LogP contribution in [0, 0.1) is 23.7 Å². The second-order valence-electron chi connectivity index (χ2n) is 11.8. The average molecular weight is 429 g/mol. The van der Waals surface area contributed by atoms with E-state index in [0.29, 0.717) is 23.5 Å². The fraction of sp³-hybridized carbons (Fsp3) is 1.00. The Morgan fingerprint density at radius 2 is 1.00 bits per heavy atom. The van der Waals surface area contributed by atoms with Crippen molar-refractivity contribution < 1.29 is 9.53 Å². The highest BCUT2D eigenvalue weighted by atomic mass is 28.4. The van der Waals surface area contributed by atoms with E-state index in [2.05, 4.69) is 61.6 Å². The van der Waals surface area contributed by atoms with Crippen LogP contribution in [0.25, 0.3) is 0 Å². The molecule has 0 saturated carbocycles. The molecule has 0 aliphatic rings. The minimum Gasteiger partial charge on any atom is -0.417 e. The molecule has 0 unspecified atom stereocenters. The normalized spacial score (nSPS) is 17.2. The van der Waals surface area contributed by atoms with Crippen LogP contribution in [0.5, 0.6) is 0 Å². The molecule has 0 heterocycles. The molecular weight excluding hydrogens is 372 g/mol. The lowest BCUT2D eigenvalue weighted by molar-refractivity contribution is 0.226. The molecule has 0 aliphatic heterocycles. The molecule has 1 N–H and O–H groups in total. The molecule has 176 valence electrons. The van der Waals surface area contributed by atoms with E-state index >= 15 is 0 Å². The van der Waals surface area contributed by atoms with Crippen molar-refractivity contribution in [1.29, 1.82) is 0 Å². The van der Waals surface area contributed by atoms with Gasteiger partial charge in [0.25, 0.3) is 0 Å². The van der Waals surface area contributed by atoms with E-state index in [9.17, 15) is 0 Å². The third-order valence-corrected chi connectivity index (χ3v) is 11.8. The first-order chi connectivity index (χ1) is 13.4. The average Bonchev–Trinajstić information content (AvgIpc) is 2.59. The molecule has 2 nitrogen and oxygen atoms in total. The van der Waals surface area contributed by atoms with Crippen LogP contribution < -0.4 is 0 Å². The van der Waals surface area contributed by atoms with E-state index < -0.39 is 8.32 Å². The van der Waals surface area contributed by atoms with Crippen molar-refractivity contribution in [3.8, 4) is 0 Å². The Morgan fingerprint density at radius 3 is 1.34 bits per heavy atom. The zero-order chi connectivity index (χ0) is 22.5. The van der Waals surface area contributed by atoms with Crippen LogP contribution in [0.3, 0.4) is 0 Å². The van der Waals surface area contributed by atoms with Crippen LogP contribution in [0.2, 0.25) is 18.1 Å². The molecule has 0 radical (unpaired) electrons. The van der Waals surface area contributed by atoms with Crippen LogP contribution >= 0.6 is 0 Å². The standard InChI is InChI=1S/C26H56O2Si/c1-22(15-11-17-24(3)19-20-27)13-10-14-23(2)16-12-18-25(4)21-28-29(8,9)26(5,6)7/h22-25,27H,10-21H2,1-9H3/t22-,23+,24-,25+/m1/s1. The van der Waals surface area contributed by atoms with Crippen molar-refractivity contribution in [3.63, 3.8) is 0 Å². The third-order valence-electron chi connectivity index (χ3n) is 7.34. The van der Waals surface area contributed by atoms with E-state index in [1.54, 1.807) is 0 Å². The van der Waals surface area contributed by atoms with E-state index in [1.807, 2.05) is 0 Å². The summed E-state index contributed by atoms with van der Waals surface area (Å²) >= 11 is 0. The molecule has 0 aromatic carbocycles. The van der Waals surface area contributed by atoms with Gasteiger partial charge >= 0.3 is 0 Å². The van der Waals surface area contributed by atoms with Gasteiger partial charge in [-0.05, 0) is 54.6 Å². The number of hydrogen-bond acceptors (Lipinski definition) is 2. The number of rotatable bonds is 17. The molecule has 0 fully saturated rings. The van der Waals surface area contributed by atoms with Crippen LogP contribution in [-0.2, 0) is 4.43 Å². The zero-order valence-electron chi connectivity index (χ0n) is 21.7. The summed E-state index contributed by atoms with van der Waals surface area (Å²) in [5.74, 6) is 3.09. The summed E-state index contributed by atoms with van der Waals surface area (Å²) in [6.07, 6.45) is 13.1. The van der Waals surface area contributed by atoms with Gasteiger partial charge in [0.15, 0.2) is 8.32 Å². The number of hydrogen-bond donors (Lipinski definition) is 1. The Hall–Kier alpha value is 0.137. The zero-order valence-corrected chi connectivity index (χ0v) is 22.7. The summed E-state index contributed by atoms with van der Waals surface area (Å²) in [6.45, 7) is 22.5. The van der Waals surface area contributed by atoms with Gasteiger partial charge < -0.3 is 9.53 Å². The Morgan fingerprint density at radius 1 is 0.655 bits per heavy atom. The van der Waals surface area contributed by atoms with Crippen molar-refractivity contribution in [2.24, 2.45) is 23.7 Å². The highest BCUT2D eigenvalue weighted by molar-refractivity contribution is 6.74. The maximum atomic E-state index is 8.99. The molecule has 3 heteroatoms. The highest BCUT2D eigenvalue weighted by Crippen LogP contribution is 2.37.